The van der Waals surface area contributed by atoms with Crippen LogP contribution in [0.3, 0.4) is 0 Å². The lowest BCUT2D eigenvalue weighted by Crippen LogP contribution is -2.54. The summed E-state index contributed by atoms with van der Waals surface area (Å²) >= 11 is 0. The Kier molecular flexibility index (Phi) is 8.78. The van der Waals surface area contributed by atoms with Crippen LogP contribution in [0.5, 0.6) is 5.75 Å². The van der Waals surface area contributed by atoms with E-state index in [1.54, 1.807) is 26.1 Å². The Morgan fingerprint density at radius 2 is 1.84 bits per heavy atom. The number of carbonyl (C=O) groups excluding carboxylic acids is 1. The van der Waals surface area contributed by atoms with Gasteiger partial charge in [-0.1, -0.05) is 12.1 Å². The topological polar surface area (TPSA) is 72.9 Å². The third-order valence-corrected chi connectivity index (χ3v) is 5.68. The average molecular weight is 433 g/mol. The summed E-state index contributed by atoms with van der Waals surface area (Å²) in [5, 5.41) is 3.49. The van der Waals surface area contributed by atoms with Crippen LogP contribution < -0.4 is 15.0 Å². The second kappa shape index (κ2) is 11.8. The molecule has 1 aromatic rings. The first-order chi connectivity index (χ1) is 15.1. The van der Waals surface area contributed by atoms with Crippen molar-refractivity contribution in [1.29, 1.82) is 0 Å². The number of morpholine rings is 1. The van der Waals surface area contributed by atoms with Gasteiger partial charge in [-0.05, 0) is 12.1 Å². The Balaban J connectivity index is 1.59. The zero-order valence-corrected chi connectivity index (χ0v) is 19.0. The third kappa shape index (κ3) is 6.73. The van der Waals surface area contributed by atoms with E-state index in [0.29, 0.717) is 0 Å². The molecule has 2 aliphatic rings. The minimum atomic E-state index is 0.000127. The van der Waals surface area contributed by atoms with E-state index in [1.807, 2.05) is 18.2 Å². The summed E-state index contributed by atoms with van der Waals surface area (Å²) in [6.07, 6.45) is 0. The summed E-state index contributed by atoms with van der Waals surface area (Å²) in [6, 6.07) is 8.12. The largest absolute Gasteiger partial charge is 0.495 e. The Bertz CT molecular complexity index is 728. The van der Waals surface area contributed by atoms with Crippen LogP contribution in [0.2, 0.25) is 0 Å². The molecule has 2 heterocycles. The van der Waals surface area contributed by atoms with Gasteiger partial charge in [-0.3, -0.25) is 9.69 Å². The number of anilines is 1. The number of piperazine rings is 1. The van der Waals surface area contributed by atoms with Crippen molar-refractivity contribution in [1.82, 2.24) is 20.0 Å². The first-order valence-electron chi connectivity index (χ1n) is 11.0. The van der Waals surface area contributed by atoms with Gasteiger partial charge in [0, 0.05) is 66.5 Å². The summed E-state index contributed by atoms with van der Waals surface area (Å²) in [5.74, 6) is 1.70. The van der Waals surface area contributed by atoms with E-state index in [-0.39, 0.29) is 12.5 Å². The van der Waals surface area contributed by atoms with E-state index >= 15 is 0 Å². The lowest BCUT2D eigenvalue weighted by molar-refractivity contribution is -0.127. The first-order valence-corrected chi connectivity index (χ1v) is 11.0. The molecule has 0 radical (unpaired) electrons. The smallest absolute Gasteiger partial charge is 0.243 e. The summed E-state index contributed by atoms with van der Waals surface area (Å²) in [6.45, 7) is 8.79. The van der Waals surface area contributed by atoms with Crippen molar-refractivity contribution in [3.8, 4) is 5.75 Å². The SMILES string of the molecule is COc1ccccc1N1CCN(C(=NCC(=O)N(C)C)NCCN2CCOCC2)CC1. The molecule has 31 heavy (non-hydrogen) atoms. The molecule has 3 rings (SSSR count). The maximum atomic E-state index is 12.1. The van der Waals surface area contributed by atoms with E-state index in [1.165, 1.54) is 0 Å². The van der Waals surface area contributed by atoms with Gasteiger partial charge >= 0.3 is 0 Å². The number of hydrogen-bond acceptors (Lipinski definition) is 6. The molecule has 0 bridgehead atoms. The number of methoxy groups -OCH3 is 1. The number of guanidine groups is 1. The average Bonchev–Trinajstić information content (AvgIpc) is 2.81. The highest BCUT2D eigenvalue weighted by Crippen LogP contribution is 2.28. The molecule has 9 heteroatoms. The molecular formula is C22H36N6O3. The van der Waals surface area contributed by atoms with E-state index in [2.05, 4.69) is 31.1 Å². The number of nitrogens with zero attached hydrogens (tertiary/aromatic N) is 5. The monoisotopic (exact) mass is 432 g/mol. The van der Waals surface area contributed by atoms with Crippen LogP contribution in [0.15, 0.2) is 29.3 Å². The van der Waals surface area contributed by atoms with Gasteiger partial charge in [-0.25, -0.2) is 4.99 Å². The molecule has 1 amide bonds. The predicted molar refractivity (Wildman–Crippen MR) is 123 cm³/mol. The van der Waals surface area contributed by atoms with Crippen molar-refractivity contribution in [3.63, 3.8) is 0 Å². The fourth-order valence-electron chi connectivity index (χ4n) is 3.75. The maximum absolute atomic E-state index is 12.1. The Morgan fingerprint density at radius 1 is 1.13 bits per heavy atom. The number of nitrogens with one attached hydrogen (secondary N) is 1. The number of aliphatic imine (C=N–C) groups is 1. The van der Waals surface area contributed by atoms with Crippen LogP contribution in [0.25, 0.3) is 0 Å². The Hall–Kier alpha value is -2.52. The van der Waals surface area contributed by atoms with Crippen LogP contribution >= 0.6 is 0 Å². The predicted octanol–water partition coefficient (Wildman–Crippen LogP) is 0.183. The van der Waals surface area contributed by atoms with Gasteiger partial charge < -0.3 is 29.5 Å². The van der Waals surface area contributed by atoms with Crippen molar-refractivity contribution >= 4 is 17.6 Å². The molecule has 0 unspecified atom stereocenters. The van der Waals surface area contributed by atoms with Crippen LogP contribution in [0.1, 0.15) is 0 Å². The molecule has 172 valence electrons. The lowest BCUT2D eigenvalue weighted by Gasteiger charge is -2.38. The molecular weight excluding hydrogens is 396 g/mol. The summed E-state index contributed by atoms with van der Waals surface area (Å²) in [5.41, 5.74) is 1.12. The fourth-order valence-corrected chi connectivity index (χ4v) is 3.75. The molecule has 9 nitrogen and oxygen atoms in total. The summed E-state index contributed by atoms with van der Waals surface area (Å²) < 4.78 is 10.9. The fraction of sp³-hybridized carbons (Fsp3) is 0.636. The number of ether oxygens (including phenoxy) is 2. The maximum Gasteiger partial charge on any atom is 0.243 e. The zero-order chi connectivity index (χ0) is 22.1. The molecule has 2 saturated heterocycles. The number of likely N-dealkylation sites (N-methyl/N-ethyl adjacent to an activating group) is 1. The van der Waals surface area contributed by atoms with Gasteiger partial charge in [0.1, 0.15) is 12.3 Å². The molecule has 0 saturated carbocycles. The number of para-hydroxylation sites is 2. The Morgan fingerprint density at radius 3 is 2.52 bits per heavy atom. The number of rotatable bonds is 7. The highest BCUT2D eigenvalue weighted by molar-refractivity contribution is 5.85. The minimum absolute atomic E-state index is 0.000127. The van der Waals surface area contributed by atoms with Gasteiger partial charge in [0.15, 0.2) is 5.96 Å². The number of benzene rings is 1. The summed E-state index contributed by atoms with van der Waals surface area (Å²) in [4.78, 5) is 25.3. The molecule has 2 aliphatic heterocycles. The van der Waals surface area contributed by atoms with E-state index in [0.717, 1.165) is 83.0 Å². The molecule has 0 spiro atoms. The molecule has 2 fully saturated rings. The van der Waals surface area contributed by atoms with E-state index in [9.17, 15) is 4.79 Å². The van der Waals surface area contributed by atoms with Gasteiger partial charge in [0.05, 0.1) is 26.0 Å². The number of hydrogen-bond donors (Lipinski definition) is 1. The van der Waals surface area contributed by atoms with Gasteiger partial charge in [0.2, 0.25) is 5.91 Å². The molecule has 0 aliphatic carbocycles. The standard InChI is InChI=1S/C22H36N6O3/c1-25(2)21(29)18-24-22(23-8-9-26-14-16-31-17-15-26)28-12-10-27(11-13-28)19-6-4-5-7-20(19)30-3/h4-7H,8-18H2,1-3H3,(H,23,24). The molecule has 1 aromatic carbocycles. The molecule has 0 atom stereocenters. The first kappa shape index (κ1) is 23.1. The van der Waals surface area contributed by atoms with Gasteiger partial charge in [-0.2, -0.15) is 0 Å². The van der Waals surface area contributed by atoms with E-state index < -0.39 is 0 Å². The highest BCUT2D eigenvalue weighted by Gasteiger charge is 2.22. The second-order valence-electron chi connectivity index (χ2n) is 7.95. The zero-order valence-electron chi connectivity index (χ0n) is 19.0. The quantitative estimate of drug-likeness (QED) is 0.487. The van der Waals surface area contributed by atoms with Crippen molar-refractivity contribution in [2.75, 3.05) is 98.2 Å². The summed E-state index contributed by atoms with van der Waals surface area (Å²) in [7, 11) is 5.23. The van der Waals surface area contributed by atoms with E-state index in [4.69, 9.17) is 9.47 Å². The number of amides is 1. The molecule has 1 N–H and O–H groups in total. The minimum Gasteiger partial charge on any atom is -0.495 e. The molecule has 0 aromatic heterocycles. The second-order valence-corrected chi connectivity index (χ2v) is 7.95. The van der Waals surface area contributed by atoms with Crippen LogP contribution in [-0.2, 0) is 9.53 Å². The lowest BCUT2D eigenvalue weighted by atomic mass is 10.2. The highest BCUT2D eigenvalue weighted by atomic mass is 16.5. The van der Waals surface area contributed by atoms with Crippen LogP contribution in [0, 0.1) is 0 Å². The normalized spacial score (nSPS) is 18.1. The number of carbonyl (C=O) groups is 1. The Labute approximate surface area is 185 Å². The van der Waals surface area contributed by atoms with Crippen molar-refractivity contribution in [2.45, 2.75) is 0 Å². The van der Waals surface area contributed by atoms with Crippen molar-refractivity contribution < 1.29 is 14.3 Å². The van der Waals surface area contributed by atoms with Crippen LogP contribution in [-0.4, -0.2) is 120 Å². The van der Waals surface area contributed by atoms with Crippen LogP contribution in [0.4, 0.5) is 5.69 Å². The third-order valence-electron chi connectivity index (χ3n) is 5.68. The van der Waals surface area contributed by atoms with Gasteiger partial charge in [0.25, 0.3) is 0 Å². The van der Waals surface area contributed by atoms with Crippen molar-refractivity contribution in [3.05, 3.63) is 24.3 Å². The van der Waals surface area contributed by atoms with Gasteiger partial charge in [-0.15, -0.1) is 0 Å². The van der Waals surface area contributed by atoms with Crippen molar-refractivity contribution in [2.24, 2.45) is 4.99 Å².